The highest BCUT2D eigenvalue weighted by Crippen LogP contribution is 2.32. The van der Waals surface area contributed by atoms with E-state index in [-0.39, 0.29) is 11.9 Å². The third-order valence-electron chi connectivity index (χ3n) is 2.94. The Morgan fingerprint density at radius 1 is 1.47 bits per heavy atom. The fourth-order valence-corrected chi connectivity index (χ4v) is 2.28. The van der Waals surface area contributed by atoms with Gasteiger partial charge in [0, 0.05) is 17.6 Å². The molecule has 0 saturated heterocycles. The summed E-state index contributed by atoms with van der Waals surface area (Å²) in [5, 5.41) is 3.79. The van der Waals surface area contributed by atoms with Crippen LogP contribution in [0.3, 0.4) is 0 Å². The summed E-state index contributed by atoms with van der Waals surface area (Å²) in [6.07, 6.45) is 2.27. The molecule has 3 N–H and O–H groups in total. The normalized spacial score (nSPS) is 16.6. The van der Waals surface area contributed by atoms with E-state index in [1.54, 1.807) is 18.2 Å². The zero-order chi connectivity index (χ0) is 12.4. The van der Waals surface area contributed by atoms with Gasteiger partial charge in [-0.3, -0.25) is 4.79 Å². The van der Waals surface area contributed by atoms with E-state index in [0.29, 0.717) is 28.1 Å². The largest absolute Gasteiger partial charge is 0.348 e. The maximum Gasteiger partial charge on any atom is 0.253 e. The van der Waals surface area contributed by atoms with Gasteiger partial charge in [-0.1, -0.05) is 23.2 Å². The molecule has 1 aromatic carbocycles. The Balaban J connectivity index is 2.08. The summed E-state index contributed by atoms with van der Waals surface area (Å²) >= 11 is 11.7. The van der Waals surface area contributed by atoms with Crippen LogP contribution in [-0.4, -0.2) is 18.5 Å². The van der Waals surface area contributed by atoms with E-state index < -0.39 is 0 Å². The van der Waals surface area contributed by atoms with Crippen LogP contribution in [-0.2, 0) is 0 Å². The average Bonchev–Trinajstić information content (AvgIpc) is 3.09. The molecule has 0 aliphatic heterocycles. The summed E-state index contributed by atoms with van der Waals surface area (Å²) in [5.41, 5.74) is 6.07. The number of amides is 1. The maximum atomic E-state index is 12.0. The summed E-state index contributed by atoms with van der Waals surface area (Å²) in [5.74, 6) is 0.337. The monoisotopic (exact) mass is 272 g/mol. The molecule has 1 aliphatic rings. The third kappa shape index (κ3) is 3.12. The first-order chi connectivity index (χ1) is 8.11. The average molecular weight is 273 g/mol. The van der Waals surface area contributed by atoms with E-state index in [1.165, 1.54) is 0 Å². The maximum absolute atomic E-state index is 12.0. The number of benzene rings is 1. The van der Waals surface area contributed by atoms with Crippen molar-refractivity contribution in [2.75, 3.05) is 6.54 Å². The van der Waals surface area contributed by atoms with Crippen molar-refractivity contribution < 1.29 is 4.79 Å². The molecule has 0 heterocycles. The Morgan fingerprint density at radius 2 is 2.18 bits per heavy atom. The molecule has 1 aliphatic carbocycles. The lowest BCUT2D eigenvalue weighted by atomic mass is 10.1. The van der Waals surface area contributed by atoms with Gasteiger partial charge in [0.2, 0.25) is 0 Å². The molecular formula is C12H14Cl2N2O. The van der Waals surface area contributed by atoms with Gasteiger partial charge in [0.25, 0.3) is 5.91 Å². The first kappa shape index (κ1) is 12.7. The molecule has 2 rings (SSSR count). The van der Waals surface area contributed by atoms with E-state index in [9.17, 15) is 4.79 Å². The Kier molecular flexibility index (Phi) is 3.92. The highest BCUT2D eigenvalue weighted by atomic mass is 35.5. The van der Waals surface area contributed by atoms with Crippen LogP contribution < -0.4 is 11.1 Å². The molecule has 1 unspecified atom stereocenters. The van der Waals surface area contributed by atoms with Crippen LogP contribution in [0.2, 0.25) is 10.0 Å². The first-order valence-corrected chi connectivity index (χ1v) is 6.33. The van der Waals surface area contributed by atoms with Gasteiger partial charge in [0.05, 0.1) is 10.6 Å². The van der Waals surface area contributed by atoms with Crippen molar-refractivity contribution in [1.82, 2.24) is 5.32 Å². The van der Waals surface area contributed by atoms with Crippen LogP contribution in [0.1, 0.15) is 23.2 Å². The van der Waals surface area contributed by atoms with Crippen LogP contribution >= 0.6 is 23.2 Å². The molecule has 1 aromatic rings. The number of carbonyl (C=O) groups is 1. The van der Waals surface area contributed by atoms with Gasteiger partial charge >= 0.3 is 0 Å². The summed E-state index contributed by atoms with van der Waals surface area (Å²) in [4.78, 5) is 12.0. The van der Waals surface area contributed by atoms with Gasteiger partial charge in [-0.15, -0.1) is 0 Å². The topological polar surface area (TPSA) is 55.1 Å². The molecule has 3 nitrogen and oxygen atoms in total. The van der Waals surface area contributed by atoms with Gasteiger partial charge in [0.15, 0.2) is 0 Å². The molecule has 0 bridgehead atoms. The van der Waals surface area contributed by atoms with Crippen molar-refractivity contribution in [3.05, 3.63) is 33.8 Å². The van der Waals surface area contributed by atoms with Crippen molar-refractivity contribution in [3.63, 3.8) is 0 Å². The Hall–Kier alpha value is -0.770. The zero-order valence-electron chi connectivity index (χ0n) is 9.25. The SMILES string of the molecule is NCC(NC(=O)c1ccc(Cl)cc1Cl)C1CC1. The van der Waals surface area contributed by atoms with E-state index in [4.69, 9.17) is 28.9 Å². The Labute approximate surface area is 110 Å². The van der Waals surface area contributed by atoms with Crippen LogP contribution in [0, 0.1) is 5.92 Å². The summed E-state index contributed by atoms with van der Waals surface area (Å²) in [6, 6.07) is 4.89. The number of nitrogens with two attached hydrogens (primary N) is 1. The van der Waals surface area contributed by atoms with Crippen molar-refractivity contribution in [2.45, 2.75) is 18.9 Å². The minimum atomic E-state index is -0.186. The molecule has 17 heavy (non-hydrogen) atoms. The summed E-state index contributed by atoms with van der Waals surface area (Å²) in [6.45, 7) is 0.460. The second-order valence-electron chi connectivity index (χ2n) is 4.28. The fraction of sp³-hybridized carbons (Fsp3) is 0.417. The molecule has 1 atom stereocenters. The second kappa shape index (κ2) is 5.25. The van der Waals surface area contributed by atoms with E-state index in [2.05, 4.69) is 5.32 Å². The van der Waals surface area contributed by atoms with Crippen molar-refractivity contribution in [3.8, 4) is 0 Å². The van der Waals surface area contributed by atoms with E-state index in [1.807, 2.05) is 0 Å². The van der Waals surface area contributed by atoms with Crippen molar-refractivity contribution in [2.24, 2.45) is 11.7 Å². The summed E-state index contributed by atoms with van der Waals surface area (Å²) < 4.78 is 0. The molecule has 0 aromatic heterocycles. The standard InChI is InChI=1S/C12H14Cl2N2O/c13-8-3-4-9(10(14)5-8)12(17)16-11(6-15)7-1-2-7/h3-5,7,11H,1-2,6,15H2,(H,16,17). The molecule has 1 saturated carbocycles. The quantitative estimate of drug-likeness (QED) is 0.885. The molecular weight excluding hydrogens is 259 g/mol. The van der Waals surface area contributed by atoms with Crippen LogP contribution in [0.25, 0.3) is 0 Å². The first-order valence-electron chi connectivity index (χ1n) is 5.58. The Bertz CT molecular complexity index is 433. The molecule has 1 amide bonds. The smallest absolute Gasteiger partial charge is 0.253 e. The van der Waals surface area contributed by atoms with Gasteiger partial charge in [0.1, 0.15) is 0 Å². The number of rotatable bonds is 4. The van der Waals surface area contributed by atoms with Gasteiger partial charge in [-0.05, 0) is 37.0 Å². The number of hydrogen-bond donors (Lipinski definition) is 2. The molecule has 0 spiro atoms. The van der Waals surface area contributed by atoms with Gasteiger partial charge in [-0.25, -0.2) is 0 Å². The van der Waals surface area contributed by atoms with Gasteiger partial charge < -0.3 is 11.1 Å². The van der Waals surface area contributed by atoms with Crippen molar-refractivity contribution in [1.29, 1.82) is 0 Å². The zero-order valence-corrected chi connectivity index (χ0v) is 10.8. The lowest BCUT2D eigenvalue weighted by Crippen LogP contribution is -2.41. The Morgan fingerprint density at radius 3 is 2.71 bits per heavy atom. The minimum absolute atomic E-state index is 0.0502. The highest BCUT2D eigenvalue weighted by Gasteiger charge is 2.31. The second-order valence-corrected chi connectivity index (χ2v) is 5.12. The number of carbonyl (C=O) groups excluding carboxylic acids is 1. The predicted octanol–water partition coefficient (Wildman–Crippen LogP) is 2.46. The molecule has 0 radical (unpaired) electrons. The number of hydrogen-bond acceptors (Lipinski definition) is 2. The number of nitrogens with one attached hydrogen (secondary N) is 1. The van der Waals surface area contributed by atoms with E-state index >= 15 is 0 Å². The predicted molar refractivity (Wildman–Crippen MR) is 69.5 cm³/mol. The van der Waals surface area contributed by atoms with Gasteiger partial charge in [-0.2, -0.15) is 0 Å². The highest BCUT2D eigenvalue weighted by molar-refractivity contribution is 6.36. The molecule has 5 heteroatoms. The van der Waals surface area contributed by atoms with Crippen molar-refractivity contribution >= 4 is 29.1 Å². The van der Waals surface area contributed by atoms with Crippen LogP contribution in [0.15, 0.2) is 18.2 Å². The minimum Gasteiger partial charge on any atom is -0.348 e. The third-order valence-corrected chi connectivity index (χ3v) is 3.49. The van der Waals surface area contributed by atoms with E-state index in [0.717, 1.165) is 12.8 Å². The lowest BCUT2D eigenvalue weighted by molar-refractivity contribution is 0.0933. The van der Waals surface area contributed by atoms with Crippen LogP contribution in [0.5, 0.6) is 0 Å². The lowest BCUT2D eigenvalue weighted by Gasteiger charge is -2.16. The number of halogens is 2. The molecule has 1 fully saturated rings. The summed E-state index contributed by atoms with van der Waals surface area (Å²) in [7, 11) is 0. The fourth-order valence-electron chi connectivity index (χ4n) is 1.79. The van der Waals surface area contributed by atoms with Crippen LogP contribution in [0.4, 0.5) is 0 Å². The molecule has 92 valence electrons.